The predicted molar refractivity (Wildman–Crippen MR) is 72.2 cm³/mol. The molecule has 0 aliphatic rings. The summed E-state index contributed by atoms with van der Waals surface area (Å²) in [5.74, 6) is 0. The van der Waals surface area contributed by atoms with Crippen LogP contribution >= 0.6 is 0 Å². The Morgan fingerprint density at radius 2 is 1.39 bits per heavy atom. The Hall–Kier alpha value is -1.64. The zero-order chi connectivity index (χ0) is 12.8. The van der Waals surface area contributed by atoms with Gasteiger partial charge in [-0.05, 0) is 18.1 Å². The van der Waals surface area contributed by atoms with Crippen LogP contribution in [0.3, 0.4) is 0 Å². The molecule has 2 unspecified atom stereocenters. The third kappa shape index (κ3) is 2.97. The molecule has 0 aromatic heterocycles. The second kappa shape index (κ2) is 6.34. The molecule has 0 heterocycles. The number of hydrogen-bond acceptors (Lipinski definition) is 2. The van der Waals surface area contributed by atoms with Gasteiger partial charge >= 0.3 is 0 Å². The maximum absolute atomic E-state index is 10.4. The van der Waals surface area contributed by atoms with Gasteiger partial charge in [-0.2, -0.15) is 0 Å². The highest BCUT2D eigenvalue weighted by molar-refractivity contribution is 5.24. The molecule has 2 aromatic rings. The Labute approximate surface area is 108 Å². The zero-order valence-corrected chi connectivity index (χ0v) is 10.5. The van der Waals surface area contributed by atoms with Gasteiger partial charge < -0.3 is 9.84 Å². The summed E-state index contributed by atoms with van der Waals surface area (Å²) in [5, 5.41) is 10.4. The highest BCUT2D eigenvalue weighted by Crippen LogP contribution is 2.31. The first-order valence-electron chi connectivity index (χ1n) is 6.22. The summed E-state index contributed by atoms with van der Waals surface area (Å²) in [6, 6.07) is 19.4. The number of aliphatic hydroxyl groups excluding tert-OH is 1. The summed E-state index contributed by atoms with van der Waals surface area (Å²) < 4.78 is 5.69. The fourth-order valence-corrected chi connectivity index (χ4v) is 2.02. The van der Waals surface area contributed by atoms with Gasteiger partial charge in [0.1, 0.15) is 12.2 Å². The standard InChI is InChI=1S/C16H18O2/c1-2-18-16(14-11-7-4-8-12-14)15(17)13-9-5-3-6-10-13/h3-12,15-17H,2H2,1H3. The lowest BCUT2D eigenvalue weighted by Crippen LogP contribution is -2.14. The Morgan fingerprint density at radius 3 is 1.89 bits per heavy atom. The monoisotopic (exact) mass is 242 g/mol. The van der Waals surface area contributed by atoms with E-state index < -0.39 is 6.10 Å². The molecule has 1 N–H and O–H groups in total. The van der Waals surface area contributed by atoms with Gasteiger partial charge in [0.2, 0.25) is 0 Å². The van der Waals surface area contributed by atoms with E-state index in [4.69, 9.17) is 4.74 Å². The second-order valence-electron chi connectivity index (χ2n) is 4.14. The smallest absolute Gasteiger partial charge is 0.112 e. The van der Waals surface area contributed by atoms with Crippen LogP contribution in [0.5, 0.6) is 0 Å². The summed E-state index contributed by atoms with van der Waals surface area (Å²) in [5.41, 5.74) is 1.87. The van der Waals surface area contributed by atoms with Crippen LogP contribution in [0.15, 0.2) is 60.7 Å². The molecule has 0 amide bonds. The Balaban J connectivity index is 2.26. The summed E-state index contributed by atoms with van der Waals surface area (Å²) >= 11 is 0. The van der Waals surface area contributed by atoms with Crippen molar-refractivity contribution in [1.82, 2.24) is 0 Å². The van der Waals surface area contributed by atoms with E-state index >= 15 is 0 Å². The summed E-state index contributed by atoms with van der Waals surface area (Å²) in [7, 11) is 0. The van der Waals surface area contributed by atoms with Gasteiger partial charge in [-0.15, -0.1) is 0 Å². The van der Waals surface area contributed by atoms with Crippen LogP contribution in [-0.2, 0) is 4.74 Å². The topological polar surface area (TPSA) is 29.5 Å². The van der Waals surface area contributed by atoms with Crippen molar-refractivity contribution in [2.24, 2.45) is 0 Å². The maximum atomic E-state index is 10.4. The van der Waals surface area contributed by atoms with E-state index in [0.717, 1.165) is 11.1 Å². The van der Waals surface area contributed by atoms with Gasteiger partial charge in [0.15, 0.2) is 0 Å². The average molecular weight is 242 g/mol. The lowest BCUT2D eigenvalue weighted by atomic mass is 9.98. The number of rotatable bonds is 5. The van der Waals surface area contributed by atoms with E-state index in [9.17, 15) is 5.11 Å². The SMILES string of the molecule is CCOC(c1ccccc1)C(O)c1ccccc1. The fraction of sp³-hybridized carbons (Fsp3) is 0.250. The molecule has 94 valence electrons. The highest BCUT2D eigenvalue weighted by atomic mass is 16.5. The van der Waals surface area contributed by atoms with Gasteiger partial charge in [0, 0.05) is 6.61 Å². The maximum Gasteiger partial charge on any atom is 0.112 e. The molecule has 2 aromatic carbocycles. The molecule has 0 spiro atoms. The van der Waals surface area contributed by atoms with Gasteiger partial charge in [0.25, 0.3) is 0 Å². The van der Waals surface area contributed by atoms with E-state index in [1.807, 2.05) is 67.6 Å². The van der Waals surface area contributed by atoms with E-state index in [1.54, 1.807) is 0 Å². The van der Waals surface area contributed by atoms with Crippen LogP contribution in [0.25, 0.3) is 0 Å². The first kappa shape index (κ1) is 12.8. The van der Waals surface area contributed by atoms with Crippen molar-refractivity contribution in [2.45, 2.75) is 19.1 Å². The largest absolute Gasteiger partial charge is 0.385 e. The van der Waals surface area contributed by atoms with Crippen molar-refractivity contribution >= 4 is 0 Å². The quantitative estimate of drug-likeness (QED) is 0.869. The second-order valence-corrected chi connectivity index (χ2v) is 4.14. The van der Waals surface area contributed by atoms with Crippen molar-refractivity contribution in [3.05, 3.63) is 71.8 Å². The van der Waals surface area contributed by atoms with Crippen LogP contribution in [0, 0.1) is 0 Å². The molecule has 0 saturated heterocycles. The lowest BCUT2D eigenvalue weighted by molar-refractivity contribution is -0.0361. The molecule has 0 saturated carbocycles. The molecule has 0 aliphatic heterocycles. The minimum absolute atomic E-state index is 0.321. The van der Waals surface area contributed by atoms with Crippen molar-refractivity contribution < 1.29 is 9.84 Å². The van der Waals surface area contributed by atoms with E-state index in [-0.39, 0.29) is 6.10 Å². The molecule has 0 bridgehead atoms. The first-order valence-corrected chi connectivity index (χ1v) is 6.22. The van der Waals surface area contributed by atoms with Gasteiger partial charge in [-0.3, -0.25) is 0 Å². The van der Waals surface area contributed by atoms with Crippen LogP contribution < -0.4 is 0 Å². The molecule has 0 aliphatic carbocycles. The molecule has 2 heteroatoms. The molecule has 0 radical (unpaired) electrons. The van der Waals surface area contributed by atoms with Gasteiger partial charge in [-0.25, -0.2) is 0 Å². The Kier molecular flexibility index (Phi) is 4.51. The average Bonchev–Trinajstić information content (AvgIpc) is 2.46. The zero-order valence-electron chi connectivity index (χ0n) is 10.5. The first-order chi connectivity index (χ1) is 8.83. The third-order valence-corrected chi connectivity index (χ3v) is 2.90. The van der Waals surface area contributed by atoms with E-state index in [1.165, 1.54) is 0 Å². The number of hydrogen-bond donors (Lipinski definition) is 1. The summed E-state index contributed by atoms with van der Waals surface area (Å²) in [6.45, 7) is 2.51. The van der Waals surface area contributed by atoms with Crippen LogP contribution in [0.1, 0.15) is 30.3 Å². The molecular weight excluding hydrogens is 224 g/mol. The minimum Gasteiger partial charge on any atom is -0.385 e. The van der Waals surface area contributed by atoms with Crippen molar-refractivity contribution in [3.8, 4) is 0 Å². The molecule has 2 rings (SSSR count). The molecule has 2 nitrogen and oxygen atoms in total. The van der Waals surface area contributed by atoms with Crippen LogP contribution in [-0.4, -0.2) is 11.7 Å². The molecule has 0 fully saturated rings. The van der Waals surface area contributed by atoms with Crippen LogP contribution in [0.2, 0.25) is 0 Å². The van der Waals surface area contributed by atoms with E-state index in [0.29, 0.717) is 6.61 Å². The van der Waals surface area contributed by atoms with Gasteiger partial charge in [0.05, 0.1) is 0 Å². The summed E-state index contributed by atoms with van der Waals surface area (Å²) in [6.07, 6.45) is -0.966. The molecule has 2 atom stereocenters. The Bertz CT molecular complexity index is 453. The number of ether oxygens (including phenoxy) is 1. The van der Waals surface area contributed by atoms with Gasteiger partial charge in [-0.1, -0.05) is 60.7 Å². The fourth-order valence-electron chi connectivity index (χ4n) is 2.02. The lowest BCUT2D eigenvalue weighted by Gasteiger charge is -2.23. The number of aliphatic hydroxyl groups is 1. The minimum atomic E-state index is -0.645. The highest BCUT2D eigenvalue weighted by Gasteiger charge is 2.22. The molecule has 18 heavy (non-hydrogen) atoms. The summed E-state index contributed by atoms with van der Waals surface area (Å²) in [4.78, 5) is 0. The third-order valence-electron chi connectivity index (χ3n) is 2.90. The Morgan fingerprint density at radius 1 is 0.889 bits per heavy atom. The normalized spacial score (nSPS) is 14.1. The van der Waals surface area contributed by atoms with E-state index in [2.05, 4.69) is 0 Å². The van der Waals surface area contributed by atoms with Crippen molar-refractivity contribution in [2.75, 3.05) is 6.61 Å². The van der Waals surface area contributed by atoms with Crippen molar-refractivity contribution in [1.29, 1.82) is 0 Å². The molecular formula is C16H18O2. The van der Waals surface area contributed by atoms with Crippen molar-refractivity contribution in [3.63, 3.8) is 0 Å². The number of benzene rings is 2. The van der Waals surface area contributed by atoms with Crippen LogP contribution in [0.4, 0.5) is 0 Å². The predicted octanol–water partition coefficient (Wildman–Crippen LogP) is 3.50.